The van der Waals surface area contributed by atoms with Gasteiger partial charge in [0.25, 0.3) is 0 Å². The van der Waals surface area contributed by atoms with Gasteiger partial charge in [-0.15, -0.1) is 0 Å². The molecule has 1 aromatic rings. The first-order chi connectivity index (χ1) is 5.86. The van der Waals surface area contributed by atoms with Gasteiger partial charge in [0, 0.05) is 17.2 Å². The molecule has 60 valence electrons. The van der Waals surface area contributed by atoms with Crippen molar-refractivity contribution in [3.05, 3.63) is 34.0 Å². The number of hydrogen-bond donors (Lipinski definition) is 1. The highest BCUT2D eigenvalue weighted by molar-refractivity contribution is 5.24. The van der Waals surface area contributed by atoms with Gasteiger partial charge in [0.05, 0.1) is 0 Å². The van der Waals surface area contributed by atoms with E-state index >= 15 is 0 Å². The smallest absolute Gasteiger partial charge is 0.117 e. The van der Waals surface area contributed by atoms with E-state index in [4.69, 9.17) is 10.8 Å². The molecule has 0 atom stereocenters. The predicted octanol–water partition coefficient (Wildman–Crippen LogP) is 1.74. The summed E-state index contributed by atoms with van der Waals surface area (Å²) in [5, 5.41) is 11.8. The van der Waals surface area contributed by atoms with Crippen molar-refractivity contribution in [2.45, 2.75) is 6.42 Å². The first kappa shape index (κ1) is 8.18. The summed E-state index contributed by atoms with van der Waals surface area (Å²) < 4.78 is 0. The van der Waals surface area contributed by atoms with Crippen molar-refractivity contribution >= 4 is 0 Å². The van der Waals surface area contributed by atoms with Crippen LogP contribution in [-0.4, -0.2) is 11.5 Å². The van der Waals surface area contributed by atoms with Crippen LogP contribution >= 0.6 is 0 Å². The molecule has 12 heavy (non-hydrogen) atoms. The quantitative estimate of drug-likeness (QED) is 0.408. The molecule has 0 saturated heterocycles. The Hall–Kier alpha value is -1.92. The number of nitriles is 1. The van der Waals surface area contributed by atoms with Gasteiger partial charge in [0.15, 0.2) is 0 Å². The molecule has 1 aromatic heterocycles. The van der Waals surface area contributed by atoms with Crippen molar-refractivity contribution in [2.75, 3.05) is 6.54 Å². The SMILES string of the molecule is N#Cc1ccc(CCN=[N+]=[N-])[nH]1. The lowest BCUT2D eigenvalue weighted by Gasteiger charge is -1.89. The molecule has 0 bridgehead atoms. The fraction of sp³-hybridized carbons (Fsp3) is 0.286. The molecule has 1 rings (SSSR count). The number of H-pyrrole nitrogens is 1. The summed E-state index contributed by atoms with van der Waals surface area (Å²) in [5.74, 6) is 0. The largest absolute Gasteiger partial charge is 0.350 e. The molecule has 0 fully saturated rings. The van der Waals surface area contributed by atoms with Gasteiger partial charge in [0.1, 0.15) is 11.8 Å². The van der Waals surface area contributed by atoms with E-state index in [1.165, 1.54) is 0 Å². The minimum absolute atomic E-state index is 0.419. The summed E-state index contributed by atoms with van der Waals surface area (Å²) in [6, 6.07) is 5.49. The van der Waals surface area contributed by atoms with Gasteiger partial charge in [-0.25, -0.2) is 0 Å². The highest BCUT2D eigenvalue weighted by Gasteiger charge is 1.95. The molecule has 0 aliphatic carbocycles. The number of azide groups is 1. The lowest BCUT2D eigenvalue weighted by atomic mass is 10.3. The molecule has 0 unspecified atom stereocenters. The molecule has 0 aromatic carbocycles. The minimum Gasteiger partial charge on any atom is -0.350 e. The fourth-order valence-electron chi connectivity index (χ4n) is 0.866. The Morgan fingerprint density at radius 3 is 3.08 bits per heavy atom. The van der Waals surface area contributed by atoms with Crippen molar-refractivity contribution in [1.82, 2.24) is 4.98 Å². The Balaban J connectivity index is 2.53. The van der Waals surface area contributed by atoms with E-state index in [9.17, 15) is 0 Å². The van der Waals surface area contributed by atoms with Crippen LogP contribution in [0.3, 0.4) is 0 Å². The van der Waals surface area contributed by atoms with Crippen molar-refractivity contribution in [3.63, 3.8) is 0 Å². The standard InChI is InChI=1S/C7H7N5/c8-5-7-2-1-6(11-7)3-4-10-12-9/h1-2,11H,3-4H2. The lowest BCUT2D eigenvalue weighted by Crippen LogP contribution is -1.88. The van der Waals surface area contributed by atoms with Gasteiger partial charge in [-0.1, -0.05) is 5.11 Å². The zero-order valence-electron chi connectivity index (χ0n) is 6.36. The molecule has 5 heteroatoms. The molecule has 5 nitrogen and oxygen atoms in total. The summed E-state index contributed by atoms with van der Waals surface area (Å²) in [6.07, 6.45) is 0.645. The predicted molar refractivity (Wildman–Crippen MR) is 43.2 cm³/mol. The average Bonchev–Trinajstić information content (AvgIpc) is 2.53. The summed E-state index contributed by atoms with van der Waals surface area (Å²) in [6.45, 7) is 0.419. The van der Waals surface area contributed by atoms with Crippen LogP contribution < -0.4 is 0 Å². The summed E-state index contributed by atoms with van der Waals surface area (Å²) >= 11 is 0. The van der Waals surface area contributed by atoms with Gasteiger partial charge in [-0.2, -0.15) is 5.26 Å². The summed E-state index contributed by atoms with van der Waals surface area (Å²) in [7, 11) is 0. The Labute approximate surface area is 69.3 Å². The number of hydrogen-bond acceptors (Lipinski definition) is 2. The molecular formula is C7H7N5. The number of nitrogens with one attached hydrogen (secondary N) is 1. The van der Waals surface area contributed by atoms with E-state index in [1.54, 1.807) is 6.07 Å². The normalized spacial score (nSPS) is 8.58. The van der Waals surface area contributed by atoms with Crippen molar-refractivity contribution in [3.8, 4) is 6.07 Å². The minimum atomic E-state index is 0.419. The highest BCUT2D eigenvalue weighted by Crippen LogP contribution is 2.01. The van der Waals surface area contributed by atoms with E-state index in [0.29, 0.717) is 18.7 Å². The maximum absolute atomic E-state index is 8.46. The van der Waals surface area contributed by atoms with Crippen LogP contribution in [0.15, 0.2) is 17.2 Å². The van der Waals surface area contributed by atoms with Crippen molar-refractivity contribution in [1.29, 1.82) is 5.26 Å². The zero-order valence-corrected chi connectivity index (χ0v) is 6.36. The molecule has 1 N–H and O–H groups in total. The van der Waals surface area contributed by atoms with Gasteiger partial charge in [-0.3, -0.25) is 0 Å². The van der Waals surface area contributed by atoms with Crippen LogP contribution in [0.5, 0.6) is 0 Å². The highest BCUT2D eigenvalue weighted by atomic mass is 15.1. The lowest BCUT2D eigenvalue weighted by molar-refractivity contribution is 0.923. The van der Waals surface area contributed by atoms with Crippen LogP contribution in [0, 0.1) is 11.3 Å². The van der Waals surface area contributed by atoms with Crippen molar-refractivity contribution in [2.24, 2.45) is 5.11 Å². The average molecular weight is 161 g/mol. The van der Waals surface area contributed by atoms with Gasteiger partial charge in [0.2, 0.25) is 0 Å². The van der Waals surface area contributed by atoms with E-state index in [0.717, 1.165) is 5.69 Å². The maximum atomic E-state index is 8.46. The Morgan fingerprint density at radius 2 is 2.50 bits per heavy atom. The number of nitrogens with zero attached hydrogens (tertiary/aromatic N) is 4. The third-order valence-electron chi connectivity index (χ3n) is 1.41. The molecule has 0 amide bonds. The number of aromatic nitrogens is 1. The summed E-state index contributed by atoms with van der Waals surface area (Å²) in [4.78, 5) is 5.50. The second-order valence-electron chi connectivity index (χ2n) is 2.21. The van der Waals surface area contributed by atoms with Crippen LogP contribution in [0.4, 0.5) is 0 Å². The van der Waals surface area contributed by atoms with Crippen LogP contribution in [0.1, 0.15) is 11.4 Å². The first-order valence-electron chi connectivity index (χ1n) is 3.45. The van der Waals surface area contributed by atoms with E-state index in [2.05, 4.69) is 15.0 Å². The van der Waals surface area contributed by atoms with Crippen LogP contribution in [0.25, 0.3) is 10.4 Å². The molecular weight excluding hydrogens is 154 g/mol. The molecule has 0 saturated carbocycles. The van der Waals surface area contributed by atoms with E-state index < -0.39 is 0 Å². The molecule has 0 spiro atoms. The van der Waals surface area contributed by atoms with Crippen LogP contribution in [-0.2, 0) is 6.42 Å². The van der Waals surface area contributed by atoms with Gasteiger partial charge < -0.3 is 4.98 Å². The Bertz CT molecular complexity index is 339. The topological polar surface area (TPSA) is 88.3 Å². The van der Waals surface area contributed by atoms with Gasteiger partial charge in [-0.05, 0) is 24.1 Å². The monoisotopic (exact) mass is 161 g/mol. The van der Waals surface area contributed by atoms with Crippen molar-refractivity contribution < 1.29 is 0 Å². The Morgan fingerprint density at radius 1 is 1.67 bits per heavy atom. The summed E-state index contributed by atoms with van der Waals surface area (Å²) in [5.41, 5.74) is 9.44. The molecule has 0 aliphatic heterocycles. The second-order valence-corrected chi connectivity index (χ2v) is 2.21. The third-order valence-corrected chi connectivity index (χ3v) is 1.41. The van der Waals surface area contributed by atoms with Gasteiger partial charge >= 0.3 is 0 Å². The molecule has 1 heterocycles. The first-order valence-corrected chi connectivity index (χ1v) is 3.45. The van der Waals surface area contributed by atoms with E-state index in [-0.39, 0.29) is 0 Å². The molecule has 0 radical (unpaired) electrons. The third kappa shape index (κ3) is 2.04. The van der Waals surface area contributed by atoms with Crippen LogP contribution in [0.2, 0.25) is 0 Å². The Kier molecular flexibility index (Phi) is 2.77. The van der Waals surface area contributed by atoms with E-state index in [1.807, 2.05) is 12.1 Å². The second kappa shape index (κ2) is 4.06. The molecule has 0 aliphatic rings. The fourth-order valence-corrected chi connectivity index (χ4v) is 0.866. The number of rotatable bonds is 3. The zero-order chi connectivity index (χ0) is 8.81. The maximum Gasteiger partial charge on any atom is 0.117 e. The number of aromatic amines is 1.